The van der Waals surface area contributed by atoms with Crippen molar-refractivity contribution in [3.05, 3.63) is 36.0 Å². The summed E-state index contributed by atoms with van der Waals surface area (Å²) in [5.41, 5.74) is 1.49. The fourth-order valence-corrected chi connectivity index (χ4v) is 3.06. The van der Waals surface area contributed by atoms with Gasteiger partial charge in [-0.2, -0.15) is 13.9 Å². The summed E-state index contributed by atoms with van der Waals surface area (Å²) in [5.74, 6) is -0.0856. The number of alkyl halides is 2. The molecule has 0 aliphatic carbocycles. The molecule has 1 fully saturated rings. The van der Waals surface area contributed by atoms with E-state index in [0.717, 1.165) is 12.8 Å². The number of halogens is 2. The van der Waals surface area contributed by atoms with E-state index in [2.05, 4.69) is 20.3 Å². The van der Waals surface area contributed by atoms with E-state index in [1.54, 1.807) is 17.0 Å². The van der Waals surface area contributed by atoms with Gasteiger partial charge >= 0.3 is 6.61 Å². The lowest BCUT2D eigenvalue weighted by molar-refractivity contribution is -0.0498. The van der Waals surface area contributed by atoms with Crippen molar-refractivity contribution in [2.75, 3.05) is 20.1 Å². The maximum absolute atomic E-state index is 12.9. The van der Waals surface area contributed by atoms with E-state index in [4.69, 9.17) is 0 Å². The summed E-state index contributed by atoms with van der Waals surface area (Å²) < 4.78 is 29.2. The van der Waals surface area contributed by atoms with Gasteiger partial charge in [-0.25, -0.2) is 0 Å². The van der Waals surface area contributed by atoms with Gasteiger partial charge in [0.1, 0.15) is 5.75 Å². The number of carbonyl (C=O) groups excluding carboxylic acids is 1. The summed E-state index contributed by atoms with van der Waals surface area (Å²) in [6.07, 6.45) is 3.44. The fourth-order valence-electron chi connectivity index (χ4n) is 3.06. The SMILES string of the molecule is CNC1CCCN(C(=O)c2cn[nH]c2-c2cccc(OC(F)F)c2)C1. The van der Waals surface area contributed by atoms with Crippen molar-refractivity contribution in [2.24, 2.45) is 0 Å². The molecule has 2 N–H and O–H groups in total. The average Bonchev–Trinajstić information content (AvgIpc) is 3.10. The Morgan fingerprint density at radius 1 is 1.48 bits per heavy atom. The number of piperidine rings is 1. The van der Waals surface area contributed by atoms with Gasteiger partial charge in [0.25, 0.3) is 5.91 Å². The minimum atomic E-state index is -2.90. The van der Waals surface area contributed by atoms with Crippen LogP contribution in [0.2, 0.25) is 0 Å². The van der Waals surface area contributed by atoms with Gasteiger partial charge in [-0.1, -0.05) is 12.1 Å². The third-order valence-electron chi connectivity index (χ3n) is 4.33. The molecule has 6 nitrogen and oxygen atoms in total. The number of rotatable bonds is 5. The van der Waals surface area contributed by atoms with Crippen LogP contribution >= 0.6 is 0 Å². The van der Waals surface area contributed by atoms with Crippen molar-refractivity contribution in [1.82, 2.24) is 20.4 Å². The lowest BCUT2D eigenvalue weighted by Gasteiger charge is -2.32. The number of likely N-dealkylation sites (N-methyl/N-ethyl adjacent to an activating group) is 1. The van der Waals surface area contributed by atoms with Gasteiger partial charge in [0.05, 0.1) is 17.5 Å². The molecule has 0 saturated carbocycles. The molecule has 1 saturated heterocycles. The van der Waals surface area contributed by atoms with Crippen LogP contribution in [0.5, 0.6) is 5.75 Å². The minimum Gasteiger partial charge on any atom is -0.435 e. The first-order valence-electron chi connectivity index (χ1n) is 8.13. The number of benzene rings is 1. The minimum absolute atomic E-state index is 0.0359. The average molecular weight is 350 g/mol. The fraction of sp³-hybridized carbons (Fsp3) is 0.412. The van der Waals surface area contributed by atoms with Gasteiger partial charge < -0.3 is 15.0 Å². The highest BCUT2D eigenvalue weighted by Gasteiger charge is 2.26. The number of amides is 1. The Labute approximate surface area is 144 Å². The van der Waals surface area contributed by atoms with Crippen LogP contribution in [0, 0.1) is 0 Å². The molecule has 2 heterocycles. The molecular weight excluding hydrogens is 330 g/mol. The van der Waals surface area contributed by atoms with Gasteiger partial charge in [-0.05, 0) is 32.0 Å². The second-order valence-corrected chi connectivity index (χ2v) is 5.94. The monoisotopic (exact) mass is 350 g/mol. The standard InChI is InChI=1S/C17H20F2N4O2/c1-20-12-5-3-7-23(10-12)16(24)14-9-21-22-15(14)11-4-2-6-13(8-11)25-17(18)19/h2,4,6,8-9,12,17,20H,3,5,7,10H2,1H3,(H,21,22). The van der Waals surface area contributed by atoms with Crippen LogP contribution < -0.4 is 10.1 Å². The van der Waals surface area contributed by atoms with Crippen LogP contribution in [0.1, 0.15) is 23.2 Å². The molecule has 1 amide bonds. The number of nitrogens with zero attached hydrogens (tertiary/aromatic N) is 2. The summed E-state index contributed by atoms with van der Waals surface area (Å²) in [4.78, 5) is 14.7. The first kappa shape index (κ1) is 17.3. The molecule has 25 heavy (non-hydrogen) atoms. The van der Waals surface area contributed by atoms with E-state index in [9.17, 15) is 13.6 Å². The number of nitrogens with one attached hydrogen (secondary N) is 2. The Morgan fingerprint density at radius 2 is 2.32 bits per heavy atom. The van der Waals surface area contributed by atoms with Crippen molar-refractivity contribution in [1.29, 1.82) is 0 Å². The molecule has 2 aromatic rings. The topological polar surface area (TPSA) is 70.2 Å². The molecule has 1 unspecified atom stereocenters. The Balaban J connectivity index is 1.84. The molecule has 1 atom stereocenters. The highest BCUT2D eigenvalue weighted by Crippen LogP contribution is 2.27. The summed E-state index contributed by atoms with van der Waals surface area (Å²) in [6, 6.07) is 6.49. The van der Waals surface area contributed by atoms with Gasteiger partial charge in [0.2, 0.25) is 0 Å². The predicted octanol–water partition coefficient (Wildman–Crippen LogP) is 2.50. The summed E-state index contributed by atoms with van der Waals surface area (Å²) in [6.45, 7) is -1.57. The lowest BCUT2D eigenvalue weighted by atomic mass is 10.0. The zero-order valence-electron chi connectivity index (χ0n) is 13.8. The number of hydrogen-bond acceptors (Lipinski definition) is 4. The number of carbonyl (C=O) groups is 1. The van der Waals surface area contributed by atoms with Crippen LogP contribution in [0.3, 0.4) is 0 Å². The predicted molar refractivity (Wildman–Crippen MR) is 88.6 cm³/mol. The molecule has 0 bridgehead atoms. The van der Waals surface area contributed by atoms with Gasteiger partial charge in [0.15, 0.2) is 0 Å². The largest absolute Gasteiger partial charge is 0.435 e. The molecule has 1 aliphatic rings. The van der Waals surface area contributed by atoms with Gasteiger partial charge in [0, 0.05) is 24.7 Å². The van der Waals surface area contributed by atoms with Crippen molar-refractivity contribution in [2.45, 2.75) is 25.5 Å². The van der Waals surface area contributed by atoms with Gasteiger partial charge in [-0.3, -0.25) is 9.89 Å². The molecule has 1 aromatic heterocycles. The molecule has 0 radical (unpaired) electrons. The van der Waals surface area contributed by atoms with E-state index in [1.807, 2.05) is 7.05 Å². The van der Waals surface area contributed by atoms with Crippen molar-refractivity contribution in [3.8, 4) is 17.0 Å². The number of aromatic nitrogens is 2. The summed E-state index contributed by atoms with van der Waals surface area (Å²) in [5, 5.41) is 9.96. The highest BCUT2D eigenvalue weighted by atomic mass is 19.3. The molecular formula is C17H20F2N4O2. The van der Waals surface area contributed by atoms with Crippen LogP contribution in [0.25, 0.3) is 11.3 Å². The lowest BCUT2D eigenvalue weighted by Crippen LogP contribution is -2.47. The quantitative estimate of drug-likeness (QED) is 0.869. The van der Waals surface area contributed by atoms with Crippen molar-refractivity contribution in [3.63, 3.8) is 0 Å². The molecule has 0 spiro atoms. The maximum atomic E-state index is 12.9. The van der Waals surface area contributed by atoms with Gasteiger partial charge in [-0.15, -0.1) is 0 Å². The first-order chi connectivity index (χ1) is 12.1. The Kier molecular flexibility index (Phi) is 5.28. The third-order valence-corrected chi connectivity index (χ3v) is 4.33. The zero-order valence-corrected chi connectivity index (χ0v) is 13.8. The van der Waals surface area contributed by atoms with Crippen LogP contribution in [0.15, 0.2) is 30.5 Å². The normalized spacial score (nSPS) is 17.8. The Bertz CT molecular complexity index is 735. The maximum Gasteiger partial charge on any atom is 0.387 e. The van der Waals surface area contributed by atoms with Crippen LogP contribution in [-0.4, -0.2) is 53.8 Å². The number of likely N-dealkylation sites (tertiary alicyclic amines) is 1. The number of hydrogen-bond donors (Lipinski definition) is 2. The third kappa shape index (κ3) is 3.96. The molecule has 1 aliphatic heterocycles. The van der Waals surface area contributed by atoms with Crippen molar-refractivity contribution < 1.29 is 18.3 Å². The number of aromatic amines is 1. The zero-order chi connectivity index (χ0) is 17.8. The highest BCUT2D eigenvalue weighted by molar-refractivity contribution is 5.99. The summed E-state index contributed by atoms with van der Waals surface area (Å²) in [7, 11) is 1.89. The number of H-pyrrole nitrogens is 1. The molecule has 3 rings (SSSR count). The smallest absolute Gasteiger partial charge is 0.387 e. The Hall–Kier alpha value is -2.48. The van der Waals surface area contributed by atoms with Crippen molar-refractivity contribution >= 4 is 5.91 Å². The second-order valence-electron chi connectivity index (χ2n) is 5.94. The van der Waals surface area contributed by atoms with E-state index in [0.29, 0.717) is 29.9 Å². The van der Waals surface area contributed by atoms with E-state index in [1.165, 1.54) is 18.3 Å². The first-order valence-corrected chi connectivity index (χ1v) is 8.13. The van der Waals surface area contributed by atoms with E-state index < -0.39 is 6.61 Å². The summed E-state index contributed by atoms with van der Waals surface area (Å²) >= 11 is 0. The molecule has 1 aromatic carbocycles. The van der Waals surface area contributed by atoms with E-state index in [-0.39, 0.29) is 17.7 Å². The van der Waals surface area contributed by atoms with Crippen LogP contribution in [0.4, 0.5) is 8.78 Å². The number of ether oxygens (including phenoxy) is 1. The molecule has 134 valence electrons. The second kappa shape index (κ2) is 7.60. The Morgan fingerprint density at radius 3 is 3.08 bits per heavy atom. The molecule has 8 heteroatoms. The van der Waals surface area contributed by atoms with Crippen LogP contribution in [-0.2, 0) is 0 Å². The van der Waals surface area contributed by atoms with E-state index >= 15 is 0 Å².